The van der Waals surface area contributed by atoms with Crippen molar-refractivity contribution >= 4 is 23.5 Å². The van der Waals surface area contributed by atoms with E-state index < -0.39 is 0 Å². The molecule has 10 heteroatoms. The van der Waals surface area contributed by atoms with Crippen molar-refractivity contribution in [2.45, 2.75) is 26.4 Å². The second-order valence-electron chi connectivity index (χ2n) is 7.42. The minimum absolute atomic E-state index is 0.0365. The molecule has 3 heterocycles. The predicted molar refractivity (Wildman–Crippen MR) is 118 cm³/mol. The van der Waals surface area contributed by atoms with Crippen LogP contribution in [0.2, 0.25) is 0 Å². The fourth-order valence-electron chi connectivity index (χ4n) is 3.65. The molecule has 1 amide bonds. The van der Waals surface area contributed by atoms with Gasteiger partial charge in [-0.25, -0.2) is 14.3 Å². The van der Waals surface area contributed by atoms with Crippen molar-refractivity contribution in [3.8, 4) is 11.4 Å². The first kappa shape index (κ1) is 19.7. The number of carbonyl (C=O) groups is 1. The maximum atomic E-state index is 12.6. The summed E-state index contributed by atoms with van der Waals surface area (Å²) in [6, 6.07) is 15.5. The molecule has 0 atom stereocenters. The van der Waals surface area contributed by atoms with Crippen LogP contribution in [-0.2, 0) is 17.9 Å². The van der Waals surface area contributed by atoms with Gasteiger partial charge in [0.2, 0.25) is 17.8 Å². The number of ether oxygens (including phenoxy) is 1. The summed E-state index contributed by atoms with van der Waals surface area (Å²) in [7, 11) is 1.60. The Morgan fingerprint density at radius 2 is 1.97 bits per heavy atom. The molecule has 2 aromatic heterocycles. The largest absolute Gasteiger partial charge is 0.494 e. The summed E-state index contributed by atoms with van der Waals surface area (Å²) in [6.07, 6.45) is 2.03. The number of benzene rings is 2. The molecule has 4 aromatic rings. The van der Waals surface area contributed by atoms with Gasteiger partial charge >= 0.3 is 0 Å². The molecule has 162 valence electrons. The quantitative estimate of drug-likeness (QED) is 0.502. The normalized spacial score (nSPS) is 13.2. The zero-order chi connectivity index (χ0) is 22.1. The fraction of sp³-hybridized carbons (Fsp3) is 0.227. The highest BCUT2D eigenvalue weighted by Crippen LogP contribution is 2.29. The first-order valence-electron chi connectivity index (χ1n) is 10.2. The second-order valence-corrected chi connectivity index (χ2v) is 7.42. The smallest absolute Gasteiger partial charge is 0.248 e. The Labute approximate surface area is 184 Å². The van der Waals surface area contributed by atoms with Crippen LogP contribution < -0.4 is 15.0 Å². The summed E-state index contributed by atoms with van der Waals surface area (Å²) in [5.74, 6) is 2.30. The van der Waals surface area contributed by atoms with Crippen molar-refractivity contribution < 1.29 is 9.53 Å². The van der Waals surface area contributed by atoms with Crippen LogP contribution in [0.15, 0.2) is 54.9 Å². The summed E-state index contributed by atoms with van der Waals surface area (Å²) < 4.78 is 8.96. The average molecular weight is 430 g/mol. The molecule has 5 rings (SSSR count). The molecule has 0 saturated heterocycles. The standard InChI is InChI=1S/C22H22N8O2/c1-15-23-14-30(26-15)18-9-8-17(12-19(18)32-2)24-21-25-22-28(13-16-6-4-3-5-7-16)20(31)10-11-29(22)27-21/h3-9,12,14H,10-11,13H2,1-2H3,(H,24,27). The Kier molecular flexibility index (Phi) is 5.02. The van der Waals surface area contributed by atoms with Gasteiger partial charge in [-0.2, -0.15) is 10.1 Å². The molecule has 0 radical (unpaired) electrons. The lowest BCUT2D eigenvalue weighted by Crippen LogP contribution is -2.37. The Balaban J connectivity index is 1.40. The number of methoxy groups -OCH3 is 1. The zero-order valence-electron chi connectivity index (χ0n) is 17.8. The van der Waals surface area contributed by atoms with Crippen molar-refractivity contribution in [1.29, 1.82) is 0 Å². The SMILES string of the molecule is COc1cc(Nc2nc3n(n2)CCC(=O)N3Cc2ccccc2)ccc1-n1cnc(C)n1. The van der Waals surface area contributed by atoms with Crippen LogP contribution >= 0.6 is 0 Å². The van der Waals surface area contributed by atoms with Crippen LogP contribution in [0, 0.1) is 6.92 Å². The Bertz CT molecular complexity index is 1260. The molecule has 0 fully saturated rings. The van der Waals surface area contributed by atoms with Gasteiger partial charge in [0, 0.05) is 18.2 Å². The van der Waals surface area contributed by atoms with Gasteiger partial charge in [0.1, 0.15) is 23.6 Å². The van der Waals surface area contributed by atoms with E-state index in [4.69, 9.17) is 4.74 Å². The number of hydrogen-bond acceptors (Lipinski definition) is 7. The monoisotopic (exact) mass is 430 g/mol. The van der Waals surface area contributed by atoms with Crippen molar-refractivity contribution in [3.63, 3.8) is 0 Å². The molecule has 2 aromatic carbocycles. The maximum Gasteiger partial charge on any atom is 0.248 e. The van der Waals surface area contributed by atoms with Gasteiger partial charge in [0.15, 0.2) is 0 Å². The molecule has 0 bridgehead atoms. The molecule has 1 aliphatic rings. The number of hydrogen-bond donors (Lipinski definition) is 1. The van der Waals surface area contributed by atoms with Crippen molar-refractivity contribution in [2.75, 3.05) is 17.3 Å². The topological polar surface area (TPSA) is 103 Å². The highest BCUT2D eigenvalue weighted by molar-refractivity contribution is 5.92. The lowest BCUT2D eigenvalue weighted by atomic mass is 10.2. The first-order valence-corrected chi connectivity index (χ1v) is 10.2. The maximum absolute atomic E-state index is 12.6. The van der Waals surface area contributed by atoms with Crippen molar-refractivity contribution in [2.24, 2.45) is 0 Å². The minimum Gasteiger partial charge on any atom is -0.494 e. The molecule has 10 nitrogen and oxygen atoms in total. The number of fused-ring (bicyclic) bond motifs is 1. The third-order valence-corrected chi connectivity index (χ3v) is 5.20. The Hall–Kier alpha value is -4.21. The van der Waals surface area contributed by atoms with Gasteiger partial charge in [0.05, 0.1) is 20.2 Å². The van der Waals surface area contributed by atoms with Crippen molar-refractivity contribution in [3.05, 3.63) is 66.2 Å². The lowest BCUT2D eigenvalue weighted by molar-refractivity contribution is -0.119. The number of nitrogens with one attached hydrogen (secondary N) is 1. The average Bonchev–Trinajstić information content (AvgIpc) is 3.42. The van der Waals surface area contributed by atoms with E-state index >= 15 is 0 Å². The Morgan fingerprint density at radius 1 is 1.12 bits per heavy atom. The van der Waals surface area contributed by atoms with Gasteiger partial charge in [0.25, 0.3) is 0 Å². The number of anilines is 3. The molecule has 1 N–H and O–H groups in total. The summed E-state index contributed by atoms with van der Waals surface area (Å²) in [5, 5.41) is 12.1. The summed E-state index contributed by atoms with van der Waals surface area (Å²) in [5.41, 5.74) is 2.57. The van der Waals surface area contributed by atoms with Gasteiger partial charge in [-0.1, -0.05) is 30.3 Å². The van der Waals surface area contributed by atoms with Gasteiger partial charge in [-0.15, -0.1) is 5.10 Å². The van der Waals surface area contributed by atoms with E-state index in [1.807, 2.05) is 55.5 Å². The van der Waals surface area contributed by atoms with Crippen LogP contribution in [0.5, 0.6) is 5.75 Å². The lowest BCUT2D eigenvalue weighted by Gasteiger charge is -2.25. The number of rotatable bonds is 6. The highest BCUT2D eigenvalue weighted by atomic mass is 16.5. The minimum atomic E-state index is 0.0365. The van der Waals surface area contributed by atoms with Crippen LogP contribution in [0.4, 0.5) is 17.6 Å². The number of nitrogens with zero attached hydrogens (tertiary/aromatic N) is 7. The Morgan fingerprint density at radius 3 is 2.72 bits per heavy atom. The van der Waals surface area contributed by atoms with Gasteiger partial charge in [-0.05, 0) is 24.6 Å². The summed E-state index contributed by atoms with van der Waals surface area (Å²) in [6.45, 7) is 2.79. The van der Waals surface area contributed by atoms with E-state index in [1.54, 1.807) is 27.7 Å². The third-order valence-electron chi connectivity index (χ3n) is 5.20. The molecular weight excluding hydrogens is 408 g/mol. The van der Waals surface area contributed by atoms with E-state index in [-0.39, 0.29) is 5.91 Å². The fourth-order valence-corrected chi connectivity index (χ4v) is 3.65. The first-order chi connectivity index (χ1) is 15.6. The van der Waals surface area contributed by atoms with E-state index in [9.17, 15) is 4.79 Å². The summed E-state index contributed by atoms with van der Waals surface area (Å²) in [4.78, 5) is 23.0. The van der Waals surface area contributed by atoms with Gasteiger partial charge < -0.3 is 10.1 Å². The van der Waals surface area contributed by atoms with Crippen LogP contribution in [-0.4, -0.2) is 42.5 Å². The van der Waals surface area contributed by atoms with Crippen LogP contribution in [0.3, 0.4) is 0 Å². The number of carbonyl (C=O) groups excluding carboxylic acids is 1. The van der Waals surface area contributed by atoms with E-state index in [0.717, 1.165) is 16.9 Å². The third kappa shape index (κ3) is 3.78. The van der Waals surface area contributed by atoms with Crippen LogP contribution in [0.1, 0.15) is 17.8 Å². The zero-order valence-corrected chi connectivity index (χ0v) is 17.8. The van der Waals surface area contributed by atoms with E-state index in [1.165, 1.54) is 0 Å². The number of aryl methyl sites for hydroxylation is 2. The molecule has 0 saturated carbocycles. The molecule has 0 aliphatic carbocycles. The van der Waals surface area contributed by atoms with Gasteiger partial charge in [-0.3, -0.25) is 9.69 Å². The van der Waals surface area contributed by atoms with Crippen molar-refractivity contribution in [1.82, 2.24) is 29.5 Å². The highest BCUT2D eigenvalue weighted by Gasteiger charge is 2.28. The summed E-state index contributed by atoms with van der Waals surface area (Å²) >= 11 is 0. The molecule has 1 aliphatic heterocycles. The van der Waals surface area contributed by atoms with Crippen LogP contribution in [0.25, 0.3) is 5.69 Å². The van der Waals surface area contributed by atoms with E-state index in [0.29, 0.717) is 43.0 Å². The molecule has 32 heavy (non-hydrogen) atoms. The molecule has 0 spiro atoms. The number of aromatic nitrogens is 6. The molecular formula is C22H22N8O2. The van der Waals surface area contributed by atoms with E-state index in [2.05, 4.69) is 25.5 Å². The number of amides is 1. The predicted octanol–water partition coefficient (Wildman–Crippen LogP) is 2.86. The second kappa shape index (κ2) is 8.14. The molecule has 0 unspecified atom stereocenters.